The highest BCUT2D eigenvalue weighted by atomic mass is 19.4. The summed E-state index contributed by atoms with van der Waals surface area (Å²) in [5.74, 6) is -1.24. The standard InChI is InChI=1S/C11H11F3O3/c1-7-3-2-4-8(10(15)16)9(7)17-6-5-11(12,13)14/h2-4H,5-6H2,1H3,(H,15,16). The van der Waals surface area contributed by atoms with Crippen molar-refractivity contribution in [2.24, 2.45) is 0 Å². The van der Waals surface area contributed by atoms with Gasteiger partial charge in [-0.3, -0.25) is 0 Å². The van der Waals surface area contributed by atoms with Crippen molar-refractivity contribution in [1.29, 1.82) is 0 Å². The first-order chi connectivity index (χ1) is 7.81. The summed E-state index contributed by atoms with van der Waals surface area (Å²) in [6, 6.07) is 4.38. The normalized spacial score (nSPS) is 11.3. The summed E-state index contributed by atoms with van der Waals surface area (Å²) >= 11 is 0. The van der Waals surface area contributed by atoms with E-state index >= 15 is 0 Å². The predicted molar refractivity (Wildman–Crippen MR) is 54.3 cm³/mol. The van der Waals surface area contributed by atoms with Crippen LogP contribution in [0.25, 0.3) is 0 Å². The number of aryl methyl sites for hydroxylation is 1. The fourth-order valence-electron chi connectivity index (χ4n) is 1.28. The van der Waals surface area contributed by atoms with Crippen LogP contribution in [0, 0.1) is 6.92 Å². The van der Waals surface area contributed by atoms with Crippen molar-refractivity contribution >= 4 is 5.97 Å². The Bertz CT molecular complexity index is 413. The number of carboxylic acid groups (broad SMARTS) is 1. The zero-order chi connectivity index (χ0) is 13.1. The van der Waals surface area contributed by atoms with E-state index in [9.17, 15) is 18.0 Å². The Labute approximate surface area is 95.8 Å². The van der Waals surface area contributed by atoms with Gasteiger partial charge in [0.05, 0.1) is 13.0 Å². The second-order valence-corrected chi connectivity index (χ2v) is 3.47. The van der Waals surface area contributed by atoms with E-state index in [1.165, 1.54) is 12.1 Å². The average Bonchev–Trinajstić information content (AvgIpc) is 2.18. The zero-order valence-electron chi connectivity index (χ0n) is 9.04. The maximum atomic E-state index is 11.9. The molecule has 6 heteroatoms. The topological polar surface area (TPSA) is 46.5 Å². The minimum atomic E-state index is -4.31. The molecule has 0 saturated heterocycles. The van der Waals surface area contributed by atoms with Crippen molar-refractivity contribution in [3.05, 3.63) is 29.3 Å². The van der Waals surface area contributed by atoms with E-state index in [4.69, 9.17) is 9.84 Å². The summed E-state index contributed by atoms with van der Waals surface area (Å²) in [4.78, 5) is 10.8. The maximum Gasteiger partial charge on any atom is 0.392 e. The van der Waals surface area contributed by atoms with E-state index in [-0.39, 0.29) is 11.3 Å². The van der Waals surface area contributed by atoms with E-state index in [0.29, 0.717) is 5.56 Å². The highest BCUT2D eigenvalue weighted by Crippen LogP contribution is 2.25. The first-order valence-corrected chi connectivity index (χ1v) is 4.84. The summed E-state index contributed by atoms with van der Waals surface area (Å²) in [5, 5.41) is 8.85. The Morgan fingerprint density at radius 2 is 2.06 bits per heavy atom. The number of halogens is 3. The summed E-state index contributed by atoms with van der Waals surface area (Å²) in [5.41, 5.74) is 0.360. The third-order valence-electron chi connectivity index (χ3n) is 2.07. The smallest absolute Gasteiger partial charge is 0.392 e. The van der Waals surface area contributed by atoms with Gasteiger partial charge in [0.2, 0.25) is 0 Å². The largest absolute Gasteiger partial charge is 0.492 e. The SMILES string of the molecule is Cc1cccc(C(=O)O)c1OCCC(F)(F)F. The van der Waals surface area contributed by atoms with Gasteiger partial charge < -0.3 is 9.84 Å². The van der Waals surface area contributed by atoms with Gasteiger partial charge in [-0.2, -0.15) is 13.2 Å². The molecule has 1 aromatic rings. The lowest BCUT2D eigenvalue weighted by Gasteiger charge is -2.12. The minimum Gasteiger partial charge on any atom is -0.492 e. The summed E-state index contributed by atoms with van der Waals surface area (Å²) in [6.45, 7) is 0.990. The Balaban J connectivity index is 2.79. The van der Waals surface area contributed by atoms with Crippen molar-refractivity contribution < 1.29 is 27.8 Å². The van der Waals surface area contributed by atoms with Crippen LogP contribution in [-0.4, -0.2) is 23.9 Å². The molecule has 1 rings (SSSR count). The molecule has 0 aromatic heterocycles. The number of para-hydroxylation sites is 1. The summed E-state index contributed by atoms with van der Waals surface area (Å²) in [7, 11) is 0. The Morgan fingerprint density at radius 1 is 1.41 bits per heavy atom. The maximum absolute atomic E-state index is 11.9. The molecule has 17 heavy (non-hydrogen) atoms. The molecule has 0 saturated carbocycles. The molecule has 0 unspecified atom stereocenters. The molecule has 1 N–H and O–H groups in total. The van der Waals surface area contributed by atoms with E-state index in [1.54, 1.807) is 13.0 Å². The number of ether oxygens (including phenoxy) is 1. The number of hydrogen-bond acceptors (Lipinski definition) is 2. The molecule has 0 fully saturated rings. The summed E-state index contributed by atoms with van der Waals surface area (Å²) < 4.78 is 40.7. The lowest BCUT2D eigenvalue weighted by atomic mass is 10.1. The molecule has 1 aromatic carbocycles. The lowest BCUT2D eigenvalue weighted by Crippen LogP contribution is -2.14. The molecule has 0 bridgehead atoms. The van der Waals surface area contributed by atoms with Crippen molar-refractivity contribution in [3.63, 3.8) is 0 Å². The average molecular weight is 248 g/mol. The van der Waals surface area contributed by atoms with E-state index in [0.717, 1.165) is 0 Å². The van der Waals surface area contributed by atoms with Crippen molar-refractivity contribution in [2.75, 3.05) is 6.61 Å². The first-order valence-electron chi connectivity index (χ1n) is 4.84. The highest BCUT2D eigenvalue weighted by Gasteiger charge is 2.27. The van der Waals surface area contributed by atoms with Crippen LogP contribution < -0.4 is 4.74 Å². The second-order valence-electron chi connectivity index (χ2n) is 3.47. The quantitative estimate of drug-likeness (QED) is 0.890. The van der Waals surface area contributed by atoms with Gasteiger partial charge in [0.25, 0.3) is 0 Å². The number of carboxylic acids is 1. The fourth-order valence-corrected chi connectivity index (χ4v) is 1.28. The van der Waals surface area contributed by atoms with Gasteiger partial charge in [0.1, 0.15) is 11.3 Å². The van der Waals surface area contributed by atoms with Crippen molar-refractivity contribution in [2.45, 2.75) is 19.5 Å². The van der Waals surface area contributed by atoms with Crippen LogP contribution in [0.4, 0.5) is 13.2 Å². The number of alkyl halides is 3. The molecule has 0 aliphatic carbocycles. The molecule has 0 aliphatic heterocycles. The van der Waals surface area contributed by atoms with Crippen molar-refractivity contribution in [3.8, 4) is 5.75 Å². The number of aromatic carboxylic acids is 1. The molecular weight excluding hydrogens is 237 g/mol. The van der Waals surface area contributed by atoms with Crippen LogP contribution in [-0.2, 0) is 0 Å². The molecule has 0 atom stereocenters. The van der Waals surface area contributed by atoms with Crippen LogP contribution in [0.15, 0.2) is 18.2 Å². The van der Waals surface area contributed by atoms with Gasteiger partial charge in [0.15, 0.2) is 0 Å². The molecule has 0 spiro atoms. The molecule has 3 nitrogen and oxygen atoms in total. The number of benzene rings is 1. The van der Waals surface area contributed by atoms with Crippen LogP contribution in [0.2, 0.25) is 0 Å². The second kappa shape index (κ2) is 5.07. The first kappa shape index (κ1) is 13.3. The van der Waals surface area contributed by atoms with Crippen LogP contribution in [0.5, 0.6) is 5.75 Å². The van der Waals surface area contributed by atoms with Crippen LogP contribution in [0.1, 0.15) is 22.3 Å². The third kappa shape index (κ3) is 3.97. The predicted octanol–water partition coefficient (Wildman–Crippen LogP) is 3.02. The monoisotopic (exact) mass is 248 g/mol. The van der Waals surface area contributed by atoms with Crippen LogP contribution >= 0.6 is 0 Å². The number of hydrogen-bond donors (Lipinski definition) is 1. The Hall–Kier alpha value is -1.72. The van der Waals surface area contributed by atoms with Crippen molar-refractivity contribution in [1.82, 2.24) is 0 Å². The Morgan fingerprint density at radius 3 is 2.59 bits per heavy atom. The van der Waals surface area contributed by atoms with Gasteiger partial charge in [-0.05, 0) is 18.6 Å². The van der Waals surface area contributed by atoms with E-state index < -0.39 is 25.2 Å². The lowest BCUT2D eigenvalue weighted by molar-refractivity contribution is -0.139. The number of rotatable bonds is 4. The molecular formula is C11H11F3O3. The minimum absolute atomic E-state index is 0.00995. The zero-order valence-corrected chi connectivity index (χ0v) is 9.04. The molecule has 0 radical (unpaired) electrons. The molecule has 0 aliphatic rings. The molecule has 0 heterocycles. The van der Waals surface area contributed by atoms with Gasteiger partial charge in [-0.25, -0.2) is 4.79 Å². The summed E-state index contributed by atoms with van der Waals surface area (Å²) in [6.07, 6.45) is -5.42. The molecule has 0 amide bonds. The highest BCUT2D eigenvalue weighted by molar-refractivity contribution is 5.91. The van der Waals surface area contributed by atoms with Gasteiger partial charge in [-0.1, -0.05) is 12.1 Å². The van der Waals surface area contributed by atoms with Gasteiger partial charge in [-0.15, -0.1) is 0 Å². The van der Waals surface area contributed by atoms with Crippen LogP contribution in [0.3, 0.4) is 0 Å². The molecule has 94 valence electrons. The number of carbonyl (C=O) groups is 1. The van der Waals surface area contributed by atoms with Gasteiger partial charge >= 0.3 is 12.1 Å². The third-order valence-corrected chi connectivity index (χ3v) is 2.07. The fraction of sp³-hybridized carbons (Fsp3) is 0.364. The van der Waals surface area contributed by atoms with E-state index in [1.807, 2.05) is 0 Å². The Kier molecular flexibility index (Phi) is 3.98. The van der Waals surface area contributed by atoms with Gasteiger partial charge in [0, 0.05) is 0 Å². The van der Waals surface area contributed by atoms with E-state index in [2.05, 4.69) is 0 Å².